The number of nitrogens with one attached hydrogen (secondary N) is 1. The van der Waals surface area contributed by atoms with Crippen molar-refractivity contribution in [1.82, 2.24) is 15.3 Å². The highest BCUT2D eigenvalue weighted by molar-refractivity contribution is 5.68. The maximum atomic E-state index is 5.71. The molecule has 0 bridgehead atoms. The summed E-state index contributed by atoms with van der Waals surface area (Å²) in [5.74, 6) is 0.462. The molecule has 0 saturated heterocycles. The number of allylic oxidation sites excluding steroid dienone is 5. The van der Waals surface area contributed by atoms with Gasteiger partial charge in [-0.05, 0) is 49.6 Å². The number of nitrogens with zero attached hydrogens (tertiary/aromatic N) is 2. The lowest BCUT2D eigenvalue weighted by Gasteiger charge is -2.18. The molecule has 3 N–H and O–H groups in total. The minimum absolute atomic E-state index is 0.462. The summed E-state index contributed by atoms with van der Waals surface area (Å²) in [5.41, 5.74) is 12.2. The molecule has 2 rings (SSSR count). The van der Waals surface area contributed by atoms with Crippen LogP contribution < -0.4 is 11.1 Å². The number of aromatic nitrogens is 2. The number of hydrogen-bond acceptors (Lipinski definition) is 4. The fourth-order valence-corrected chi connectivity index (χ4v) is 2.17. The fourth-order valence-electron chi connectivity index (χ4n) is 2.17. The number of anilines is 1. The van der Waals surface area contributed by atoms with E-state index in [2.05, 4.69) is 34.5 Å². The lowest BCUT2D eigenvalue weighted by molar-refractivity contribution is 1.05. The molecule has 108 valence electrons. The van der Waals surface area contributed by atoms with Gasteiger partial charge in [0.15, 0.2) is 0 Å². The number of dihydropyridines is 1. The number of nitrogen functional groups attached to an aromatic ring is 1. The molecule has 1 aliphatic rings. The van der Waals surface area contributed by atoms with E-state index in [1.54, 1.807) is 6.20 Å². The van der Waals surface area contributed by atoms with Crippen molar-refractivity contribution < 1.29 is 0 Å². The van der Waals surface area contributed by atoms with Gasteiger partial charge in [0.25, 0.3) is 0 Å². The van der Waals surface area contributed by atoms with Gasteiger partial charge in [-0.25, -0.2) is 9.97 Å². The first kappa shape index (κ1) is 14.8. The second kappa shape index (κ2) is 5.79. The van der Waals surface area contributed by atoms with Gasteiger partial charge in [0.05, 0.1) is 17.6 Å². The monoisotopic (exact) mass is 280 g/mol. The van der Waals surface area contributed by atoms with Crippen LogP contribution in [0, 0.1) is 6.92 Å². The van der Waals surface area contributed by atoms with E-state index in [0.29, 0.717) is 5.82 Å². The van der Waals surface area contributed by atoms with Gasteiger partial charge in [-0.3, -0.25) is 0 Å². The highest BCUT2D eigenvalue weighted by atomic mass is 14.9. The van der Waals surface area contributed by atoms with Crippen LogP contribution in [0.15, 0.2) is 60.1 Å². The van der Waals surface area contributed by atoms with E-state index in [-0.39, 0.29) is 0 Å². The Morgan fingerprint density at radius 1 is 1.38 bits per heavy atom. The third-order valence-electron chi connectivity index (χ3n) is 3.30. The van der Waals surface area contributed by atoms with Crippen molar-refractivity contribution in [1.29, 1.82) is 0 Å². The van der Waals surface area contributed by atoms with Gasteiger partial charge in [-0.2, -0.15) is 0 Å². The molecule has 1 aliphatic heterocycles. The molecule has 0 fully saturated rings. The third-order valence-corrected chi connectivity index (χ3v) is 3.30. The SMILES string of the molecule is C=C(C)C1=C(/C=C(\C)c2cnc(N)c(C)n2)C=CNC1=C. The van der Waals surface area contributed by atoms with Gasteiger partial charge in [0, 0.05) is 17.5 Å². The summed E-state index contributed by atoms with van der Waals surface area (Å²) in [6, 6.07) is 0. The molecule has 1 aromatic rings. The predicted molar refractivity (Wildman–Crippen MR) is 88.1 cm³/mol. The van der Waals surface area contributed by atoms with Crippen LogP contribution in [-0.2, 0) is 0 Å². The molecule has 0 amide bonds. The molecule has 0 spiro atoms. The molecule has 0 unspecified atom stereocenters. The Bertz CT molecular complexity index is 706. The Morgan fingerprint density at radius 3 is 2.71 bits per heavy atom. The average molecular weight is 280 g/mol. The molecule has 0 aliphatic carbocycles. The minimum Gasteiger partial charge on any atom is -0.382 e. The molecular formula is C17H20N4. The Balaban J connectivity index is 2.47. The molecule has 2 heterocycles. The van der Waals surface area contributed by atoms with Crippen LogP contribution in [0.2, 0.25) is 0 Å². The predicted octanol–water partition coefficient (Wildman–Crippen LogP) is 3.27. The van der Waals surface area contributed by atoms with Crippen molar-refractivity contribution in [2.24, 2.45) is 0 Å². The lowest BCUT2D eigenvalue weighted by Crippen LogP contribution is -2.12. The maximum absolute atomic E-state index is 5.71. The van der Waals surface area contributed by atoms with E-state index < -0.39 is 0 Å². The average Bonchev–Trinajstić information content (AvgIpc) is 2.41. The topological polar surface area (TPSA) is 63.8 Å². The van der Waals surface area contributed by atoms with E-state index in [4.69, 9.17) is 5.73 Å². The normalized spacial score (nSPS) is 15.2. The highest BCUT2D eigenvalue weighted by Gasteiger charge is 2.12. The molecule has 0 radical (unpaired) electrons. The van der Waals surface area contributed by atoms with Crippen LogP contribution >= 0.6 is 0 Å². The van der Waals surface area contributed by atoms with Gasteiger partial charge < -0.3 is 11.1 Å². The lowest BCUT2D eigenvalue weighted by atomic mass is 9.95. The Hall–Kier alpha value is -2.62. The Kier molecular flexibility index (Phi) is 4.08. The first-order chi connectivity index (χ1) is 9.90. The smallest absolute Gasteiger partial charge is 0.144 e. The zero-order valence-corrected chi connectivity index (χ0v) is 12.7. The van der Waals surface area contributed by atoms with Gasteiger partial charge in [0.1, 0.15) is 5.82 Å². The third kappa shape index (κ3) is 3.11. The number of rotatable bonds is 3. The molecule has 0 atom stereocenters. The van der Waals surface area contributed by atoms with Crippen molar-refractivity contribution in [2.75, 3.05) is 5.73 Å². The van der Waals surface area contributed by atoms with E-state index in [1.807, 2.05) is 33.0 Å². The molecule has 4 nitrogen and oxygen atoms in total. The summed E-state index contributed by atoms with van der Waals surface area (Å²) in [5, 5.41) is 3.11. The standard InChI is InChI=1S/C17H20N4/c1-10(2)16-12(4)19-7-6-14(16)8-11(3)15-9-20-17(18)13(5)21-15/h6-9,19H,1,4H2,2-3,5H3,(H2,18,20)/b11-8+. The molecule has 4 heteroatoms. The summed E-state index contributed by atoms with van der Waals surface area (Å²) in [6.07, 6.45) is 7.62. The number of hydrogen-bond donors (Lipinski definition) is 2. The van der Waals surface area contributed by atoms with E-state index in [1.165, 1.54) is 0 Å². The van der Waals surface area contributed by atoms with Crippen molar-refractivity contribution in [3.05, 3.63) is 71.5 Å². The largest absolute Gasteiger partial charge is 0.382 e. The molecule has 0 saturated carbocycles. The number of aryl methyl sites for hydroxylation is 1. The van der Waals surface area contributed by atoms with Crippen LogP contribution in [0.1, 0.15) is 25.2 Å². The first-order valence-corrected chi connectivity index (χ1v) is 6.70. The van der Waals surface area contributed by atoms with Crippen molar-refractivity contribution in [3.8, 4) is 0 Å². The second-order valence-electron chi connectivity index (χ2n) is 5.12. The second-order valence-corrected chi connectivity index (χ2v) is 5.12. The van der Waals surface area contributed by atoms with Gasteiger partial charge >= 0.3 is 0 Å². The van der Waals surface area contributed by atoms with E-state index >= 15 is 0 Å². The summed E-state index contributed by atoms with van der Waals surface area (Å²) in [6.45, 7) is 13.9. The zero-order valence-electron chi connectivity index (χ0n) is 12.7. The maximum Gasteiger partial charge on any atom is 0.144 e. The van der Waals surface area contributed by atoms with Crippen LogP contribution in [0.5, 0.6) is 0 Å². The molecule has 0 aromatic carbocycles. The Labute approximate surface area is 125 Å². The summed E-state index contributed by atoms with van der Waals surface area (Å²) in [7, 11) is 0. The van der Waals surface area contributed by atoms with Crippen molar-refractivity contribution in [3.63, 3.8) is 0 Å². The fraction of sp³-hybridized carbons (Fsp3) is 0.176. The molecule has 1 aromatic heterocycles. The van der Waals surface area contributed by atoms with Crippen molar-refractivity contribution >= 4 is 11.4 Å². The van der Waals surface area contributed by atoms with Gasteiger partial charge in [-0.15, -0.1) is 0 Å². The van der Waals surface area contributed by atoms with E-state index in [9.17, 15) is 0 Å². The Morgan fingerprint density at radius 2 is 2.10 bits per heavy atom. The number of nitrogens with two attached hydrogens (primary N) is 1. The van der Waals surface area contributed by atoms with Crippen LogP contribution in [-0.4, -0.2) is 9.97 Å². The summed E-state index contributed by atoms with van der Waals surface area (Å²) in [4.78, 5) is 8.62. The van der Waals surface area contributed by atoms with Gasteiger partial charge in [0.2, 0.25) is 0 Å². The van der Waals surface area contributed by atoms with Gasteiger partial charge in [-0.1, -0.05) is 13.2 Å². The molecule has 21 heavy (non-hydrogen) atoms. The summed E-state index contributed by atoms with van der Waals surface area (Å²) < 4.78 is 0. The van der Waals surface area contributed by atoms with Crippen LogP contribution in [0.25, 0.3) is 5.57 Å². The van der Waals surface area contributed by atoms with Crippen molar-refractivity contribution in [2.45, 2.75) is 20.8 Å². The molecular weight excluding hydrogens is 260 g/mol. The van der Waals surface area contributed by atoms with E-state index in [0.717, 1.165) is 39.4 Å². The first-order valence-electron chi connectivity index (χ1n) is 6.70. The van der Waals surface area contributed by atoms with Crippen LogP contribution in [0.4, 0.5) is 5.82 Å². The minimum atomic E-state index is 0.462. The highest BCUT2D eigenvalue weighted by Crippen LogP contribution is 2.26. The zero-order chi connectivity index (χ0) is 15.6. The quantitative estimate of drug-likeness (QED) is 0.892. The van der Waals surface area contributed by atoms with Crippen LogP contribution in [0.3, 0.4) is 0 Å². The summed E-state index contributed by atoms with van der Waals surface area (Å²) >= 11 is 0.